The summed E-state index contributed by atoms with van der Waals surface area (Å²) < 4.78 is 0. The van der Waals surface area contributed by atoms with Crippen LogP contribution in [0.4, 0.5) is 5.69 Å². The molecule has 3 N–H and O–H groups in total. The van der Waals surface area contributed by atoms with Crippen molar-refractivity contribution in [3.63, 3.8) is 0 Å². The fraction of sp³-hybridized carbons (Fsp3) is 0.0769. The van der Waals surface area contributed by atoms with E-state index in [2.05, 4.69) is 17.5 Å². The van der Waals surface area contributed by atoms with Crippen LogP contribution < -0.4 is 11.1 Å². The zero-order chi connectivity index (χ0) is 12.3. The van der Waals surface area contributed by atoms with E-state index in [1.807, 2.05) is 42.5 Å². The Morgan fingerprint density at radius 2 is 1.88 bits per heavy atom. The van der Waals surface area contributed by atoms with Crippen molar-refractivity contribution < 1.29 is 4.79 Å². The number of hydrogen-bond acceptors (Lipinski definition) is 2. The molecule has 2 aromatic rings. The largest absolute Gasteiger partial charge is 0.393 e. The van der Waals surface area contributed by atoms with Crippen LogP contribution in [0.1, 0.15) is 6.42 Å². The summed E-state index contributed by atoms with van der Waals surface area (Å²) in [5.41, 5.74) is 6.06. The van der Waals surface area contributed by atoms with Crippen molar-refractivity contribution >= 4 is 39.6 Å². The van der Waals surface area contributed by atoms with Gasteiger partial charge in [0.1, 0.15) is 0 Å². The Labute approximate surface area is 105 Å². The van der Waals surface area contributed by atoms with E-state index >= 15 is 0 Å². The lowest BCUT2D eigenvalue weighted by Crippen LogP contribution is -2.20. The molecule has 17 heavy (non-hydrogen) atoms. The van der Waals surface area contributed by atoms with Gasteiger partial charge >= 0.3 is 0 Å². The van der Waals surface area contributed by atoms with E-state index in [4.69, 9.17) is 5.73 Å². The van der Waals surface area contributed by atoms with Crippen molar-refractivity contribution in [2.75, 3.05) is 5.32 Å². The van der Waals surface area contributed by atoms with Crippen molar-refractivity contribution in [3.05, 3.63) is 42.5 Å². The van der Waals surface area contributed by atoms with Gasteiger partial charge in [0.25, 0.3) is 0 Å². The number of nitrogens with one attached hydrogen (secondary N) is 1. The molecule has 2 rings (SSSR count). The fourth-order valence-corrected chi connectivity index (χ4v) is 1.76. The number of nitrogens with two attached hydrogens (primary N) is 1. The normalized spacial score (nSPS) is 10.1. The van der Waals surface area contributed by atoms with Crippen LogP contribution in [0.25, 0.3) is 10.8 Å². The Bertz CT molecular complexity index is 580. The molecule has 0 aromatic heterocycles. The average Bonchev–Trinajstić information content (AvgIpc) is 2.27. The summed E-state index contributed by atoms with van der Waals surface area (Å²) in [6.45, 7) is 0. The molecule has 0 bridgehead atoms. The quantitative estimate of drug-likeness (QED) is 0.815. The average molecular weight is 244 g/mol. The highest BCUT2D eigenvalue weighted by atomic mass is 32.1. The maximum Gasteiger partial charge on any atom is 0.231 e. The third-order valence-corrected chi connectivity index (χ3v) is 2.51. The smallest absolute Gasteiger partial charge is 0.231 e. The van der Waals surface area contributed by atoms with E-state index in [1.54, 1.807) is 0 Å². The molecule has 0 fully saturated rings. The Morgan fingerprint density at radius 3 is 2.59 bits per heavy atom. The van der Waals surface area contributed by atoms with Gasteiger partial charge in [-0.15, -0.1) is 0 Å². The number of carbonyl (C=O) groups excluding carboxylic acids is 1. The summed E-state index contributed by atoms with van der Waals surface area (Å²) >= 11 is 4.68. The molecule has 1 amide bonds. The van der Waals surface area contributed by atoms with Gasteiger partial charge in [0.05, 0.1) is 11.4 Å². The van der Waals surface area contributed by atoms with Gasteiger partial charge < -0.3 is 11.1 Å². The van der Waals surface area contributed by atoms with E-state index in [1.165, 1.54) is 0 Å². The van der Waals surface area contributed by atoms with Gasteiger partial charge in [-0.25, -0.2) is 0 Å². The molecule has 0 aliphatic carbocycles. The second kappa shape index (κ2) is 4.93. The predicted molar refractivity (Wildman–Crippen MR) is 74.0 cm³/mol. The van der Waals surface area contributed by atoms with E-state index < -0.39 is 0 Å². The van der Waals surface area contributed by atoms with Gasteiger partial charge in [-0.3, -0.25) is 4.79 Å². The van der Waals surface area contributed by atoms with Gasteiger partial charge in [-0.1, -0.05) is 42.5 Å². The van der Waals surface area contributed by atoms with Crippen LogP contribution in [0.15, 0.2) is 42.5 Å². The third-order valence-electron chi connectivity index (χ3n) is 2.37. The van der Waals surface area contributed by atoms with E-state index in [0.717, 1.165) is 16.5 Å². The highest BCUT2D eigenvalue weighted by molar-refractivity contribution is 7.80. The third kappa shape index (κ3) is 3.01. The Morgan fingerprint density at radius 1 is 1.18 bits per heavy atom. The van der Waals surface area contributed by atoms with Crippen LogP contribution in [-0.4, -0.2) is 10.9 Å². The summed E-state index contributed by atoms with van der Waals surface area (Å²) in [7, 11) is 0. The first-order valence-corrected chi connectivity index (χ1v) is 5.63. The zero-order valence-electron chi connectivity index (χ0n) is 9.14. The fourth-order valence-electron chi connectivity index (χ4n) is 1.63. The summed E-state index contributed by atoms with van der Waals surface area (Å²) in [6, 6.07) is 13.7. The number of thiocarbonyl (C=S) groups is 1. The maximum atomic E-state index is 11.5. The minimum Gasteiger partial charge on any atom is -0.393 e. The number of rotatable bonds is 3. The molecule has 0 aliphatic heterocycles. The van der Waals surface area contributed by atoms with Crippen molar-refractivity contribution in [3.8, 4) is 0 Å². The monoisotopic (exact) mass is 244 g/mol. The van der Waals surface area contributed by atoms with Gasteiger partial charge in [0.15, 0.2) is 0 Å². The van der Waals surface area contributed by atoms with Crippen molar-refractivity contribution in [2.45, 2.75) is 6.42 Å². The van der Waals surface area contributed by atoms with Gasteiger partial charge in [-0.05, 0) is 22.9 Å². The first-order chi connectivity index (χ1) is 8.15. The SMILES string of the molecule is NC(=S)CC(=O)Nc1ccc2ccccc2c1. The molecule has 0 heterocycles. The maximum absolute atomic E-state index is 11.5. The Kier molecular flexibility index (Phi) is 3.35. The minimum absolute atomic E-state index is 0.0716. The lowest BCUT2D eigenvalue weighted by Gasteiger charge is -2.05. The van der Waals surface area contributed by atoms with Crippen LogP contribution in [0.5, 0.6) is 0 Å². The highest BCUT2D eigenvalue weighted by Crippen LogP contribution is 2.18. The zero-order valence-corrected chi connectivity index (χ0v) is 9.96. The molecule has 0 unspecified atom stereocenters. The molecular weight excluding hydrogens is 232 g/mol. The number of carbonyl (C=O) groups is 1. The van der Waals surface area contributed by atoms with E-state index in [-0.39, 0.29) is 17.3 Å². The molecule has 4 heteroatoms. The molecule has 2 aromatic carbocycles. The lowest BCUT2D eigenvalue weighted by atomic mass is 10.1. The first kappa shape index (κ1) is 11.5. The number of anilines is 1. The van der Waals surface area contributed by atoms with Crippen LogP contribution >= 0.6 is 12.2 Å². The summed E-state index contributed by atoms with van der Waals surface area (Å²) in [5, 5.41) is 4.98. The van der Waals surface area contributed by atoms with Crippen LogP contribution in [-0.2, 0) is 4.79 Å². The van der Waals surface area contributed by atoms with E-state index in [0.29, 0.717) is 0 Å². The number of fused-ring (bicyclic) bond motifs is 1. The topological polar surface area (TPSA) is 55.1 Å². The van der Waals surface area contributed by atoms with Crippen molar-refractivity contribution in [2.24, 2.45) is 5.73 Å². The molecule has 86 valence electrons. The first-order valence-electron chi connectivity index (χ1n) is 5.22. The van der Waals surface area contributed by atoms with Crippen molar-refractivity contribution in [1.82, 2.24) is 0 Å². The molecule has 0 saturated carbocycles. The van der Waals surface area contributed by atoms with Gasteiger partial charge in [0.2, 0.25) is 5.91 Å². The second-order valence-corrected chi connectivity index (χ2v) is 4.28. The summed E-state index contributed by atoms with van der Waals surface area (Å²) in [4.78, 5) is 11.7. The van der Waals surface area contributed by atoms with Crippen LogP contribution in [0.3, 0.4) is 0 Å². The van der Waals surface area contributed by atoms with Crippen LogP contribution in [0.2, 0.25) is 0 Å². The number of benzene rings is 2. The molecule has 0 radical (unpaired) electrons. The Hall–Kier alpha value is -1.94. The molecule has 3 nitrogen and oxygen atoms in total. The summed E-state index contributed by atoms with van der Waals surface area (Å²) in [5.74, 6) is -0.187. The van der Waals surface area contributed by atoms with Gasteiger partial charge in [-0.2, -0.15) is 0 Å². The molecule has 0 aliphatic rings. The van der Waals surface area contributed by atoms with E-state index in [9.17, 15) is 4.79 Å². The molecule has 0 saturated heterocycles. The molecule has 0 spiro atoms. The van der Waals surface area contributed by atoms with Crippen molar-refractivity contribution in [1.29, 1.82) is 0 Å². The van der Waals surface area contributed by atoms with Gasteiger partial charge in [0, 0.05) is 5.69 Å². The lowest BCUT2D eigenvalue weighted by molar-refractivity contribution is -0.115. The summed E-state index contributed by atoms with van der Waals surface area (Å²) in [6.07, 6.45) is 0.0716. The predicted octanol–water partition coefficient (Wildman–Crippen LogP) is 2.45. The number of amides is 1. The number of hydrogen-bond donors (Lipinski definition) is 2. The second-order valence-electron chi connectivity index (χ2n) is 3.75. The molecule has 0 atom stereocenters. The highest BCUT2D eigenvalue weighted by Gasteiger charge is 2.04. The Balaban J connectivity index is 2.19. The standard InChI is InChI=1S/C13H12N2OS/c14-12(17)8-13(16)15-11-6-5-9-3-1-2-4-10(9)7-11/h1-7H,8H2,(H2,14,17)(H,15,16). The molecular formula is C13H12N2OS. The minimum atomic E-state index is -0.187. The van der Waals surface area contributed by atoms with Crippen LogP contribution in [0, 0.1) is 0 Å².